The van der Waals surface area contributed by atoms with Crippen LogP contribution in [0.5, 0.6) is 0 Å². The quantitative estimate of drug-likeness (QED) is 0.615. The summed E-state index contributed by atoms with van der Waals surface area (Å²) >= 11 is 5.65. The molecule has 1 heterocycles. The molecule has 2 aliphatic rings. The maximum atomic E-state index is 5.65. The number of halogens is 1. The average Bonchev–Trinajstić information content (AvgIpc) is 3.20. The lowest BCUT2D eigenvalue weighted by molar-refractivity contribution is 0.235. The van der Waals surface area contributed by atoms with Gasteiger partial charge in [-0.15, -0.1) is 4.51 Å². The molecule has 0 bridgehead atoms. The molecule has 19 heavy (non-hydrogen) atoms. The van der Waals surface area contributed by atoms with Crippen molar-refractivity contribution in [3.63, 3.8) is 0 Å². The molecule has 1 saturated heterocycles. The van der Waals surface area contributed by atoms with E-state index < -0.39 is 0 Å². The van der Waals surface area contributed by atoms with Crippen molar-refractivity contribution in [2.75, 3.05) is 19.6 Å². The van der Waals surface area contributed by atoms with E-state index in [9.17, 15) is 0 Å². The van der Waals surface area contributed by atoms with Crippen molar-refractivity contribution in [2.24, 2.45) is 28.0 Å². The number of nitrogens with two attached hydrogens (primary N) is 1. The van der Waals surface area contributed by atoms with Crippen LogP contribution in [0.1, 0.15) is 32.6 Å². The summed E-state index contributed by atoms with van der Waals surface area (Å²) in [6.07, 6.45) is 8.91. The Hall–Kier alpha value is -0.740. The summed E-state index contributed by atoms with van der Waals surface area (Å²) < 4.78 is 3.82. The molecule has 1 saturated carbocycles. The van der Waals surface area contributed by atoms with Gasteiger partial charge in [-0.3, -0.25) is 0 Å². The molecule has 3 N–H and O–H groups in total. The second-order valence-corrected chi connectivity index (χ2v) is 5.78. The molecule has 0 spiro atoms. The summed E-state index contributed by atoms with van der Waals surface area (Å²) in [6.45, 7) is 4.91. The van der Waals surface area contributed by atoms with Gasteiger partial charge in [-0.1, -0.05) is 6.08 Å². The number of hydrogen-bond acceptors (Lipinski definition) is 2. The van der Waals surface area contributed by atoms with Crippen LogP contribution in [0.2, 0.25) is 0 Å². The number of likely N-dealkylation sites (tertiary alicyclic amines) is 1. The van der Waals surface area contributed by atoms with Gasteiger partial charge in [-0.05, 0) is 63.1 Å². The molecule has 108 valence electrons. The summed E-state index contributed by atoms with van der Waals surface area (Å²) in [4.78, 5) is 2.24. The Morgan fingerprint density at radius 1 is 1.47 bits per heavy atom. The van der Waals surface area contributed by atoms with Crippen molar-refractivity contribution in [3.8, 4) is 0 Å². The maximum Gasteiger partial charge on any atom is 0.215 e. The van der Waals surface area contributed by atoms with E-state index in [0.29, 0.717) is 0 Å². The van der Waals surface area contributed by atoms with Crippen LogP contribution in [0.4, 0.5) is 0 Å². The van der Waals surface area contributed by atoms with Gasteiger partial charge in [0.25, 0.3) is 0 Å². The first-order valence-electron chi connectivity index (χ1n) is 7.31. The fourth-order valence-corrected chi connectivity index (χ4v) is 3.42. The molecule has 0 aromatic rings. The highest BCUT2D eigenvalue weighted by molar-refractivity contribution is 6.19. The average molecular weight is 285 g/mol. The van der Waals surface area contributed by atoms with Crippen molar-refractivity contribution in [2.45, 2.75) is 32.6 Å². The van der Waals surface area contributed by atoms with Gasteiger partial charge in [-0.2, -0.15) is 0 Å². The van der Waals surface area contributed by atoms with E-state index in [4.69, 9.17) is 17.5 Å². The molecule has 2 fully saturated rings. The third kappa shape index (κ3) is 3.86. The summed E-state index contributed by atoms with van der Waals surface area (Å²) in [7, 11) is 0. The van der Waals surface area contributed by atoms with E-state index in [1.54, 1.807) is 0 Å². The van der Waals surface area contributed by atoms with E-state index in [-0.39, 0.29) is 0 Å². The molecule has 0 aromatic heterocycles. The van der Waals surface area contributed by atoms with Gasteiger partial charge in [0.2, 0.25) is 5.96 Å². The Kier molecular flexibility index (Phi) is 5.52. The first kappa shape index (κ1) is 14.7. The van der Waals surface area contributed by atoms with Crippen molar-refractivity contribution in [1.29, 1.82) is 0 Å². The Morgan fingerprint density at radius 2 is 2.21 bits per heavy atom. The standard InChI is InChI=1S/C14H25ClN4/c1-2-7-17-14(18-15)19-8-4-11(5-9-19)13-10-12(13)3-6-16/h2,7,11-13H,3-6,8-10,16H2,1H3,(H,17,18)/b7-2-. The smallest absolute Gasteiger partial charge is 0.215 e. The van der Waals surface area contributed by atoms with E-state index in [1.807, 2.05) is 19.2 Å². The summed E-state index contributed by atoms with van der Waals surface area (Å²) in [5.74, 6) is 3.49. The lowest BCUT2D eigenvalue weighted by Crippen LogP contribution is -2.44. The fraction of sp³-hybridized carbons (Fsp3) is 0.786. The largest absolute Gasteiger partial charge is 0.342 e. The zero-order valence-electron chi connectivity index (χ0n) is 11.7. The topological polar surface area (TPSA) is 53.7 Å². The van der Waals surface area contributed by atoms with Gasteiger partial charge in [0, 0.05) is 24.9 Å². The van der Waals surface area contributed by atoms with Gasteiger partial charge >= 0.3 is 0 Å². The van der Waals surface area contributed by atoms with Crippen LogP contribution in [0.3, 0.4) is 0 Å². The molecule has 5 heteroatoms. The lowest BCUT2D eigenvalue weighted by atomic mass is 9.90. The summed E-state index contributed by atoms with van der Waals surface area (Å²) in [6, 6.07) is 0. The second kappa shape index (κ2) is 7.15. The number of hydrogen-bond donors (Lipinski definition) is 2. The van der Waals surface area contributed by atoms with Crippen molar-refractivity contribution in [3.05, 3.63) is 12.3 Å². The minimum atomic E-state index is 0.771. The zero-order valence-corrected chi connectivity index (χ0v) is 12.4. The van der Waals surface area contributed by atoms with Crippen LogP contribution < -0.4 is 11.1 Å². The molecule has 4 nitrogen and oxygen atoms in total. The van der Waals surface area contributed by atoms with E-state index in [0.717, 1.165) is 43.3 Å². The third-order valence-corrected chi connectivity index (χ3v) is 4.58. The van der Waals surface area contributed by atoms with Gasteiger partial charge in [-0.25, -0.2) is 0 Å². The number of rotatable bonds is 4. The molecular formula is C14H25ClN4. The summed E-state index contributed by atoms with van der Waals surface area (Å²) in [5.41, 5.74) is 5.63. The van der Waals surface area contributed by atoms with Crippen LogP contribution >= 0.6 is 11.8 Å². The van der Waals surface area contributed by atoms with Crippen molar-refractivity contribution >= 4 is 17.7 Å². The van der Waals surface area contributed by atoms with E-state index >= 15 is 0 Å². The van der Waals surface area contributed by atoms with Crippen molar-refractivity contribution < 1.29 is 0 Å². The number of nitrogens with zero attached hydrogens (tertiary/aromatic N) is 2. The zero-order chi connectivity index (χ0) is 13.7. The van der Waals surface area contributed by atoms with Crippen LogP contribution in [0.15, 0.2) is 16.8 Å². The number of allylic oxidation sites excluding steroid dienone is 1. The first-order valence-corrected chi connectivity index (χ1v) is 7.65. The molecular weight excluding hydrogens is 260 g/mol. The second-order valence-electron chi connectivity index (χ2n) is 5.61. The molecule has 2 unspecified atom stereocenters. The highest BCUT2D eigenvalue weighted by Crippen LogP contribution is 2.49. The van der Waals surface area contributed by atoms with Crippen LogP contribution in [0, 0.1) is 17.8 Å². The molecule has 0 amide bonds. The minimum Gasteiger partial charge on any atom is -0.342 e. The first-order chi connectivity index (χ1) is 9.30. The highest BCUT2D eigenvalue weighted by atomic mass is 35.5. The number of piperidine rings is 1. The molecule has 0 radical (unpaired) electrons. The van der Waals surface area contributed by atoms with Crippen LogP contribution in [0.25, 0.3) is 0 Å². The van der Waals surface area contributed by atoms with Crippen LogP contribution in [-0.2, 0) is 0 Å². The van der Waals surface area contributed by atoms with E-state index in [1.165, 1.54) is 25.7 Å². The van der Waals surface area contributed by atoms with Gasteiger partial charge in [0.15, 0.2) is 0 Å². The molecule has 1 aliphatic carbocycles. The van der Waals surface area contributed by atoms with Gasteiger partial charge < -0.3 is 16.0 Å². The van der Waals surface area contributed by atoms with Crippen LogP contribution in [-0.4, -0.2) is 30.5 Å². The predicted molar refractivity (Wildman–Crippen MR) is 80.8 cm³/mol. The highest BCUT2D eigenvalue weighted by Gasteiger charge is 2.42. The molecule has 2 rings (SSSR count). The SMILES string of the molecule is C/C=C\N/C(=N\Cl)N1CCC(C2CC2CCN)CC1. The Bertz CT molecular complexity index is 334. The number of guanidine groups is 1. The third-order valence-electron chi connectivity index (χ3n) is 4.42. The molecule has 0 aromatic carbocycles. The Balaban J connectivity index is 1.76. The number of nitrogens with one attached hydrogen (secondary N) is 1. The molecule has 1 aliphatic heterocycles. The predicted octanol–water partition coefficient (Wildman–Crippen LogP) is 2.32. The minimum absolute atomic E-state index is 0.771. The van der Waals surface area contributed by atoms with Gasteiger partial charge in [0.1, 0.15) is 0 Å². The summed E-state index contributed by atoms with van der Waals surface area (Å²) in [5, 5.41) is 3.12. The Morgan fingerprint density at radius 3 is 2.79 bits per heavy atom. The fourth-order valence-electron chi connectivity index (χ4n) is 3.26. The Labute approximate surface area is 121 Å². The lowest BCUT2D eigenvalue weighted by Gasteiger charge is -2.33. The normalized spacial score (nSPS) is 29.0. The molecule has 2 atom stereocenters. The maximum absolute atomic E-state index is 5.65. The van der Waals surface area contributed by atoms with Crippen molar-refractivity contribution in [1.82, 2.24) is 10.2 Å². The monoisotopic (exact) mass is 284 g/mol. The van der Waals surface area contributed by atoms with Gasteiger partial charge in [0.05, 0.1) is 0 Å². The van der Waals surface area contributed by atoms with E-state index in [2.05, 4.69) is 14.7 Å².